The van der Waals surface area contributed by atoms with E-state index in [-0.39, 0.29) is 23.3 Å². The van der Waals surface area contributed by atoms with Crippen molar-refractivity contribution in [3.8, 4) is 5.75 Å². The first kappa shape index (κ1) is 34.5. The topological polar surface area (TPSA) is 108 Å². The Balaban J connectivity index is 1.37. The maximum absolute atomic E-state index is 13.5. The Kier molecular flexibility index (Phi) is 10.7. The molecule has 6 rings (SSSR count). The molecule has 2 fully saturated rings. The molecule has 2 aromatic rings. The lowest BCUT2D eigenvalue weighted by Crippen LogP contribution is -2.57. The third-order valence-corrected chi connectivity index (χ3v) is 13.3. The highest BCUT2D eigenvalue weighted by Crippen LogP contribution is 2.46. The van der Waals surface area contributed by atoms with Crippen LogP contribution in [0.25, 0.3) is 0 Å². The molecule has 0 spiro atoms. The van der Waals surface area contributed by atoms with Crippen molar-refractivity contribution in [3.05, 3.63) is 58.1 Å². The van der Waals surface area contributed by atoms with Gasteiger partial charge in [-0.3, -0.25) is 9.69 Å². The van der Waals surface area contributed by atoms with Crippen LogP contribution in [0.3, 0.4) is 0 Å². The number of nitrogens with zero attached hydrogens (tertiary/aromatic N) is 2. The van der Waals surface area contributed by atoms with Crippen molar-refractivity contribution in [1.82, 2.24) is 9.62 Å². The molecule has 1 saturated carbocycles. The summed E-state index contributed by atoms with van der Waals surface area (Å²) in [7, 11) is -3.94. The van der Waals surface area contributed by atoms with Crippen LogP contribution in [0.5, 0.6) is 5.75 Å². The number of benzene rings is 2. The van der Waals surface area contributed by atoms with E-state index >= 15 is 0 Å². The van der Waals surface area contributed by atoms with E-state index in [1.165, 1.54) is 5.56 Å². The van der Waals surface area contributed by atoms with Crippen molar-refractivity contribution >= 4 is 33.2 Å². The second kappa shape index (κ2) is 14.6. The van der Waals surface area contributed by atoms with Crippen molar-refractivity contribution in [2.24, 2.45) is 17.8 Å². The van der Waals surface area contributed by atoms with Crippen LogP contribution in [0.4, 0.5) is 5.69 Å². The van der Waals surface area contributed by atoms with E-state index in [0.717, 1.165) is 69.5 Å². The summed E-state index contributed by atoms with van der Waals surface area (Å²) in [6.07, 6.45) is 6.72. The van der Waals surface area contributed by atoms with Crippen LogP contribution in [0.15, 0.2) is 36.4 Å². The molecule has 0 radical (unpaired) electrons. The van der Waals surface area contributed by atoms with E-state index in [9.17, 15) is 18.3 Å². The van der Waals surface area contributed by atoms with Gasteiger partial charge in [0.15, 0.2) is 0 Å². The van der Waals surface area contributed by atoms with Gasteiger partial charge in [0.25, 0.3) is 5.91 Å². The number of amides is 1. The van der Waals surface area contributed by atoms with Crippen LogP contribution in [0, 0.1) is 17.8 Å². The van der Waals surface area contributed by atoms with E-state index in [1.54, 1.807) is 25.1 Å². The lowest BCUT2D eigenvalue weighted by atomic mass is 9.62. The molecule has 2 bridgehead atoms. The van der Waals surface area contributed by atoms with Crippen molar-refractivity contribution in [2.75, 3.05) is 50.8 Å². The number of rotatable bonds is 2. The molecular formula is C36H50ClN3O6S. The van der Waals surface area contributed by atoms with Gasteiger partial charge >= 0.3 is 0 Å². The molecule has 5 atom stereocenters. The van der Waals surface area contributed by atoms with E-state index in [4.69, 9.17) is 21.1 Å². The lowest BCUT2D eigenvalue weighted by molar-refractivity contribution is -0.114. The first-order chi connectivity index (χ1) is 22.5. The molecule has 11 heteroatoms. The summed E-state index contributed by atoms with van der Waals surface area (Å²) in [4.78, 5) is 18.1. The Morgan fingerprint density at radius 1 is 1.00 bits per heavy atom. The third kappa shape index (κ3) is 7.93. The summed E-state index contributed by atoms with van der Waals surface area (Å²) >= 11 is 6.36. The monoisotopic (exact) mass is 687 g/mol. The van der Waals surface area contributed by atoms with Gasteiger partial charge in [0.05, 0.1) is 29.8 Å². The minimum Gasteiger partial charge on any atom is -0.487 e. The fourth-order valence-electron chi connectivity index (χ4n) is 7.94. The molecular weight excluding hydrogens is 638 g/mol. The van der Waals surface area contributed by atoms with Crippen LogP contribution in [-0.2, 0) is 27.8 Å². The fraction of sp³-hybridized carbons (Fsp3) is 0.639. The second-order valence-corrected chi connectivity index (χ2v) is 16.7. The minimum absolute atomic E-state index is 0.121. The van der Waals surface area contributed by atoms with E-state index in [1.807, 2.05) is 25.1 Å². The zero-order chi connectivity index (χ0) is 33.2. The molecule has 3 aliphatic heterocycles. The van der Waals surface area contributed by atoms with Gasteiger partial charge in [-0.05, 0) is 111 Å². The summed E-state index contributed by atoms with van der Waals surface area (Å²) in [6, 6.07) is 11.1. The summed E-state index contributed by atoms with van der Waals surface area (Å²) in [6.45, 7) is 8.96. The number of hydrogen-bond acceptors (Lipinski definition) is 8. The molecule has 258 valence electrons. The molecule has 9 nitrogen and oxygen atoms in total. The number of halogens is 1. The molecule has 4 aliphatic rings. The van der Waals surface area contributed by atoms with Gasteiger partial charge in [0, 0.05) is 43.3 Å². The van der Waals surface area contributed by atoms with Gasteiger partial charge in [-0.1, -0.05) is 31.0 Å². The number of carbonyl (C=O) groups excluding carboxylic acids is 1. The molecule has 2 N–H and O–H groups in total. The highest BCUT2D eigenvalue weighted by Gasteiger charge is 2.48. The fourth-order valence-corrected chi connectivity index (χ4v) is 9.44. The van der Waals surface area contributed by atoms with Gasteiger partial charge in [-0.15, -0.1) is 0 Å². The van der Waals surface area contributed by atoms with Crippen LogP contribution in [0.1, 0.15) is 80.3 Å². The smallest absolute Gasteiger partial charge is 0.264 e. The lowest BCUT2D eigenvalue weighted by Gasteiger charge is -2.51. The Labute approximate surface area is 285 Å². The summed E-state index contributed by atoms with van der Waals surface area (Å²) < 4.78 is 41.3. The first-order valence-electron chi connectivity index (χ1n) is 17.4. The summed E-state index contributed by atoms with van der Waals surface area (Å²) in [5.41, 5.74) is 2.43. The number of nitrogens with one attached hydrogen (secondary N) is 1. The number of aryl methyl sites for hydroxylation is 1. The Hall–Kier alpha value is -2.37. The van der Waals surface area contributed by atoms with Crippen molar-refractivity contribution in [3.63, 3.8) is 0 Å². The van der Waals surface area contributed by atoms with Crippen molar-refractivity contribution in [1.29, 1.82) is 0 Å². The number of ether oxygens (including phenoxy) is 2. The van der Waals surface area contributed by atoms with Gasteiger partial charge in [-0.25, -0.2) is 13.1 Å². The number of anilines is 1. The zero-order valence-corrected chi connectivity index (χ0v) is 29.3. The number of carbonyl (C=O) groups is 1. The predicted octanol–water partition coefficient (Wildman–Crippen LogP) is 5.42. The zero-order valence-electron chi connectivity index (χ0n) is 27.8. The van der Waals surface area contributed by atoms with Gasteiger partial charge in [0.1, 0.15) is 12.4 Å². The Bertz CT molecular complexity index is 1530. The quantitative estimate of drug-likeness (QED) is 0.431. The SMILES string of the molecule is C[C@@H]1[C@@H](C)CCCC(O)(CN2CCOCC2)[C@@H]2CC[C@H]2CN2CCCCc3cc(Cl)ccc3COc3ccc(cc32)C(=O)NS1(=O)=O. The molecule has 3 heterocycles. The highest BCUT2D eigenvalue weighted by molar-refractivity contribution is 7.90. The Morgan fingerprint density at radius 3 is 2.57 bits per heavy atom. The average molecular weight is 688 g/mol. The molecule has 1 amide bonds. The third-order valence-electron chi connectivity index (χ3n) is 11.2. The van der Waals surface area contributed by atoms with Gasteiger partial charge in [0.2, 0.25) is 10.0 Å². The predicted molar refractivity (Wildman–Crippen MR) is 185 cm³/mol. The molecule has 1 aliphatic carbocycles. The van der Waals surface area contributed by atoms with E-state index < -0.39 is 26.8 Å². The minimum atomic E-state index is -3.94. The largest absolute Gasteiger partial charge is 0.487 e. The normalized spacial score (nSPS) is 30.8. The maximum atomic E-state index is 13.5. The van der Waals surface area contributed by atoms with Crippen LogP contribution in [-0.4, -0.2) is 81.1 Å². The van der Waals surface area contributed by atoms with Crippen LogP contribution in [0.2, 0.25) is 5.02 Å². The molecule has 2 aromatic carbocycles. The van der Waals surface area contributed by atoms with E-state index in [0.29, 0.717) is 56.4 Å². The molecule has 47 heavy (non-hydrogen) atoms. The van der Waals surface area contributed by atoms with Crippen LogP contribution >= 0.6 is 11.6 Å². The average Bonchev–Trinajstić information content (AvgIpc) is 3.05. The Morgan fingerprint density at radius 2 is 1.81 bits per heavy atom. The highest BCUT2D eigenvalue weighted by atomic mass is 35.5. The molecule has 1 saturated heterocycles. The summed E-state index contributed by atoms with van der Waals surface area (Å²) in [5, 5.41) is 12.5. The molecule has 0 aromatic heterocycles. The standard InChI is InChI=1S/C36H50ClN3O6S/c1-25-6-5-14-36(42,24-39-16-18-45-19-17-39)32-12-9-29(32)22-40-15-4-3-7-27-20-31(37)11-8-30(27)23-46-34-13-10-28(21-33(34)40)35(41)38-47(43,44)26(25)2/h8,10-11,13,20-21,25-26,29,32,42H,3-7,9,12,14-19,22-24H2,1-2H3,(H,38,41)/t25-,26+,29-,32+,36?/m0/s1. The van der Waals surface area contributed by atoms with Crippen molar-refractivity contribution < 1.29 is 27.8 Å². The summed E-state index contributed by atoms with van der Waals surface area (Å²) in [5.74, 6) is 0.226. The first-order valence-corrected chi connectivity index (χ1v) is 19.3. The van der Waals surface area contributed by atoms with Gasteiger partial charge < -0.3 is 19.5 Å². The number of β-amino-alcohol motifs (C(OH)–C–C–N with tert-alkyl or cyclic N) is 1. The number of hydrogen-bond donors (Lipinski definition) is 2. The second-order valence-electron chi connectivity index (χ2n) is 14.3. The van der Waals surface area contributed by atoms with Gasteiger partial charge in [-0.2, -0.15) is 0 Å². The number of fused-ring (bicyclic) bond motifs is 3. The van der Waals surface area contributed by atoms with Crippen LogP contribution < -0.4 is 14.4 Å². The number of aliphatic hydroxyl groups is 1. The maximum Gasteiger partial charge on any atom is 0.264 e. The van der Waals surface area contributed by atoms with Crippen molar-refractivity contribution in [2.45, 2.75) is 82.7 Å². The number of sulfonamides is 1. The molecule has 1 unspecified atom stereocenters. The van der Waals surface area contributed by atoms with E-state index in [2.05, 4.69) is 14.5 Å². The number of morpholine rings is 1.